The molecule has 142 valence electrons. The van der Waals surface area contributed by atoms with E-state index in [2.05, 4.69) is 31.0 Å². The number of nitrogens with zero attached hydrogens (tertiary/aromatic N) is 2. The van der Waals surface area contributed by atoms with Gasteiger partial charge in [-0.25, -0.2) is 4.79 Å². The monoisotopic (exact) mass is 341 g/mol. The molecule has 24 heavy (non-hydrogen) atoms. The summed E-state index contributed by atoms with van der Waals surface area (Å²) >= 11 is 0. The molecule has 1 rings (SSSR count). The van der Waals surface area contributed by atoms with E-state index in [0.717, 1.165) is 39.0 Å². The maximum atomic E-state index is 12.1. The van der Waals surface area contributed by atoms with Gasteiger partial charge in [-0.15, -0.1) is 0 Å². The van der Waals surface area contributed by atoms with Crippen LogP contribution in [0.25, 0.3) is 0 Å². The number of nitrogens with one attached hydrogen (secondary N) is 1. The molecule has 0 saturated carbocycles. The summed E-state index contributed by atoms with van der Waals surface area (Å²) in [5.41, 5.74) is -0.411. The fourth-order valence-corrected chi connectivity index (χ4v) is 3.20. The number of rotatable bonds is 8. The van der Waals surface area contributed by atoms with Gasteiger partial charge < -0.3 is 19.9 Å². The number of likely N-dealkylation sites (tertiary alicyclic amines) is 1. The molecule has 1 heterocycles. The van der Waals surface area contributed by atoms with Crippen LogP contribution in [-0.2, 0) is 4.74 Å². The largest absolute Gasteiger partial charge is 0.444 e. The predicted molar refractivity (Wildman–Crippen MR) is 100 cm³/mol. The van der Waals surface area contributed by atoms with E-state index in [1.54, 1.807) is 0 Å². The van der Waals surface area contributed by atoms with Crippen LogP contribution in [0.3, 0.4) is 0 Å². The van der Waals surface area contributed by atoms with Crippen molar-refractivity contribution in [1.29, 1.82) is 0 Å². The highest BCUT2D eigenvalue weighted by Crippen LogP contribution is 2.16. The Morgan fingerprint density at radius 2 is 1.83 bits per heavy atom. The van der Waals surface area contributed by atoms with Crippen LogP contribution in [0.2, 0.25) is 0 Å². The number of amides is 1. The summed E-state index contributed by atoms with van der Waals surface area (Å²) in [7, 11) is 0. The van der Waals surface area contributed by atoms with Gasteiger partial charge in [-0.2, -0.15) is 0 Å². The van der Waals surface area contributed by atoms with Crippen LogP contribution in [0.4, 0.5) is 4.79 Å². The van der Waals surface area contributed by atoms with E-state index in [4.69, 9.17) is 4.74 Å². The molecule has 1 aliphatic heterocycles. The molecule has 0 bridgehead atoms. The smallest absolute Gasteiger partial charge is 0.410 e. The lowest BCUT2D eigenvalue weighted by Gasteiger charge is -2.35. The number of carbonyl (C=O) groups is 1. The fraction of sp³-hybridized carbons (Fsp3) is 0.947. The summed E-state index contributed by atoms with van der Waals surface area (Å²) in [6.07, 6.45) is 4.31. The van der Waals surface area contributed by atoms with Gasteiger partial charge in [0.25, 0.3) is 0 Å². The second kappa shape index (κ2) is 10.2. The standard InChI is InChI=1S/C19H39N3O2/c1-7-21(8-2)13-9-10-16(3)20-17-11-14-22(15-12-17)18(23)24-19(4,5)6/h16-17,20H,7-15H2,1-6H3. The van der Waals surface area contributed by atoms with Crippen molar-refractivity contribution in [1.82, 2.24) is 15.1 Å². The quantitative estimate of drug-likeness (QED) is 0.734. The van der Waals surface area contributed by atoms with Gasteiger partial charge in [0, 0.05) is 25.2 Å². The van der Waals surface area contributed by atoms with E-state index in [1.807, 2.05) is 25.7 Å². The molecule has 5 heteroatoms. The zero-order valence-electron chi connectivity index (χ0n) is 16.7. The third-order valence-electron chi connectivity index (χ3n) is 4.67. The molecule has 1 amide bonds. The molecule has 1 N–H and O–H groups in total. The Balaban J connectivity index is 2.22. The predicted octanol–water partition coefficient (Wildman–Crippen LogP) is 3.49. The highest BCUT2D eigenvalue weighted by molar-refractivity contribution is 5.68. The maximum Gasteiger partial charge on any atom is 0.410 e. The van der Waals surface area contributed by atoms with Crippen LogP contribution < -0.4 is 5.32 Å². The van der Waals surface area contributed by atoms with Gasteiger partial charge in [-0.1, -0.05) is 13.8 Å². The summed E-state index contributed by atoms with van der Waals surface area (Å²) in [4.78, 5) is 16.4. The summed E-state index contributed by atoms with van der Waals surface area (Å²) in [5.74, 6) is 0. The molecule has 1 aliphatic rings. The van der Waals surface area contributed by atoms with Crippen LogP contribution in [-0.4, -0.2) is 66.3 Å². The van der Waals surface area contributed by atoms with Gasteiger partial charge in [0.15, 0.2) is 0 Å². The van der Waals surface area contributed by atoms with Gasteiger partial charge in [-0.05, 0) is 73.0 Å². The number of hydrogen-bond donors (Lipinski definition) is 1. The fourth-order valence-electron chi connectivity index (χ4n) is 3.20. The van der Waals surface area contributed by atoms with Crippen LogP contribution in [0.1, 0.15) is 67.2 Å². The van der Waals surface area contributed by atoms with E-state index in [1.165, 1.54) is 19.4 Å². The summed E-state index contributed by atoms with van der Waals surface area (Å²) in [6.45, 7) is 17.5. The highest BCUT2D eigenvalue weighted by Gasteiger charge is 2.27. The van der Waals surface area contributed by atoms with E-state index in [9.17, 15) is 4.79 Å². The Morgan fingerprint density at radius 1 is 1.25 bits per heavy atom. The lowest BCUT2D eigenvalue weighted by Crippen LogP contribution is -2.48. The second-order valence-electron chi connectivity index (χ2n) is 7.98. The Kier molecular flexibility index (Phi) is 9.06. The normalized spacial score (nSPS) is 18.0. The van der Waals surface area contributed by atoms with Gasteiger partial charge in [-0.3, -0.25) is 0 Å². The first-order chi connectivity index (χ1) is 11.2. The van der Waals surface area contributed by atoms with Crippen LogP contribution in [0.15, 0.2) is 0 Å². The number of ether oxygens (including phenoxy) is 1. The third-order valence-corrected chi connectivity index (χ3v) is 4.67. The van der Waals surface area contributed by atoms with Crippen LogP contribution >= 0.6 is 0 Å². The SMILES string of the molecule is CCN(CC)CCCC(C)NC1CCN(C(=O)OC(C)(C)C)CC1. The molecule has 1 unspecified atom stereocenters. The molecule has 0 aliphatic carbocycles. The summed E-state index contributed by atoms with van der Waals surface area (Å²) in [5, 5.41) is 3.74. The highest BCUT2D eigenvalue weighted by atomic mass is 16.6. The number of hydrogen-bond acceptors (Lipinski definition) is 4. The summed E-state index contributed by atoms with van der Waals surface area (Å²) < 4.78 is 5.45. The minimum Gasteiger partial charge on any atom is -0.444 e. The zero-order valence-corrected chi connectivity index (χ0v) is 16.7. The van der Waals surface area contributed by atoms with Crippen molar-refractivity contribution in [2.24, 2.45) is 0 Å². The first kappa shape index (κ1) is 21.2. The van der Waals surface area contributed by atoms with Gasteiger partial charge in [0.05, 0.1) is 0 Å². The molecular weight excluding hydrogens is 302 g/mol. The molecule has 0 aromatic heterocycles. The van der Waals surface area contributed by atoms with Crippen molar-refractivity contribution in [3.8, 4) is 0 Å². The molecule has 0 aromatic rings. The minimum absolute atomic E-state index is 0.173. The minimum atomic E-state index is -0.411. The van der Waals surface area contributed by atoms with Crippen molar-refractivity contribution in [2.75, 3.05) is 32.7 Å². The average Bonchev–Trinajstić information content (AvgIpc) is 2.50. The van der Waals surface area contributed by atoms with Gasteiger partial charge in [0.1, 0.15) is 5.60 Å². The van der Waals surface area contributed by atoms with Crippen molar-refractivity contribution in [3.63, 3.8) is 0 Å². The molecule has 1 atom stereocenters. The van der Waals surface area contributed by atoms with Gasteiger partial charge in [0.2, 0.25) is 0 Å². The maximum absolute atomic E-state index is 12.1. The third kappa shape index (κ3) is 8.34. The molecule has 0 radical (unpaired) electrons. The first-order valence-corrected chi connectivity index (χ1v) is 9.71. The van der Waals surface area contributed by atoms with E-state index >= 15 is 0 Å². The van der Waals surface area contributed by atoms with Crippen molar-refractivity contribution in [3.05, 3.63) is 0 Å². The second-order valence-corrected chi connectivity index (χ2v) is 7.98. The Bertz CT molecular complexity index is 356. The van der Waals surface area contributed by atoms with Crippen molar-refractivity contribution < 1.29 is 9.53 Å². The molecule has 0 spiro atoms. The molecule has 1 saturated heterocycles. The lowest BCUT2D eigenvalue weighted by atomic mass is 10.0. The van der Waals surface area contributed by atoms with E-state index in [-0.39, 0.29) is 6.09 Å². The zero-order chi connectivity index (χ0) is 18.2. The average molecular weight is 342 g/mol. The van der Waals surface area contributed by atoms with Gasteiger partial charge >= 0.3 is 6.09 Å². The first-order valence-electron chi connectivity index (χ1n) is 9.71. The molecular formula is C19H39N3O2. The van der Waals surface area contributed by atoms with Crippen molar-refractivity contribution in [2.45, 2.75) is 84.9 Å². The Labute approximate surface area is 149 Å². The number of piperidine rings is 1. The molecule has 1 fully saturated rings. The van der Waals surface area contributed by atoms with Crippen LogP contribution in [0, 0.1) is 0 Å². The van der Waals surface area contributed by atoms with Crippen LogP contribution in [0.5, 0.6) is 0 Å². The topological polar surface area (TPSA) is 44.8 Å². The molecule has 5 nitrogen and oxygen atoms in total. The lowest BCUT2D eigenvalue weighted by molar-refractivity contribution is 0.0196. The van der Waals surface area contributed by atoms with Crippen molar-refractivity contribution >= 4 is 6.09 Å². The summed E-state index contributed by atoms with van der Waals surface area (Å²) in [6, 6.07) is 1.06. The van der Waals surface area contributed by atoms with E-state index < -0.39 is 5.60 Å². The molecule has 0 aromatic carbocycles. The Hall–Kier alpha value is -0.810. The Morgan fingerprint density at radius 3 is 2.33 bits per heavy atom. The number of carbonyl (C=O) groups excluding carboxylic acids is 1. The van der Waals surface area contributed by atoms with E-state index in [0.29, 0.717) is 12.1 Å².